The van der Waals surface area contributed by atoms with Crippen LogP contribution in [0.2, 0.25) is 0 Å². The van der Waals surface area contributed by atoms with Crippen LogP contribution in [-0.4, -0.2) is 46.4 Å². The molecule has 1 aliphatic heterocycles. The number of aromatic nitrogens is 2. The highest BCUT2D eigenvalue weighted by Crippen LogP contribution is 2.35. The third-order valence-corrected chi connectivity index (χ3v) is 8.74. The second kappa shape index (κ2) is 14.8. The molecule has 0 saturated carbocycles. The van der Waals surface area contributed by atoms with Crippen molar-refractivity contribution in [1.29, 1.82) is 0 Å². The molecule has 206 valence electrons. The van der Waals surface area contributed by atoms with E-state index in [0.29, 0.717) is 18.8 Å². The Hall–Kier alpha value is -2.01. The number of hydrogen-bond donors (Lipinski definition) is 0. The van der Waals surface area contributed by atoms with Gasteiger partial charge in [0.15, 0.2) is 0 Å². The molecule has 1 aromatic heterocycles. The van der Waals surface area contributed by atoms with Crippen LogP contribution < -0.4 is 0 Å². The molecule has 0 spiro atoms. The van der Waals surface area contributed by atoms with Gasteiger partial charge in [-0.15, -0.1) is 0 Å². The number of ketones is 1. The fraction of sp³-hybridized carbons (Fsp3) is 0.719. The molecule has 0 N–H and O–H groups in total. The van der Waals surface area contributed by atoms with Crippen molar-refractivity contribution in [3.05, 3.63) is 29.5 Å². The van der Waals surface area contributed by atoms with Crippen molar-refractivity contribution < 1.29 is 9.59 Å². The monoisotopic (exact) mass is 509 g/mol. The lowest BCUT2D eigenvalue weighted by Gasteiger charge is -2.34. The molecule has 37 heavy (non-hydrogen) atoms. The number of Topliss-reactive ketones (excluding diaryl/α,β-unsaturated/α-hetero) is 1. The van der Waals surface area contributed by atoms with Crippen molar-refractivity contribution in [1.82, 2.24) is 14.7 Å². The standard InChI is InChI=1S/C32H51N3O2/c1-6-9-10-13-25(12-7-2)23-35-19-17-26(18-20-35)27-15-16-28-30(22-27)34(5)33-31(28)29(14-11-21-36)32(37)24(4)8-3/h15-16,21-22,24-26,29H,6-14,17-20,23H2,1-5H3. The Morgan fingerprint density at radius 3 is 2.49 bits per heavy atom. The highest BCUT2D eigenvalue weighted by atomic mass is 16.1. The summed E-state index contributed by atoms with van der Waals surface area (Å²) >= 11 is 0. The predicted octanol–water partition coefficient (Wildman–Crippen LogP) is 7.43. The minimum Gasteiger partial charge on any atom is -0.303 e. The van der Waals surface area contributed by atoms with Gasteiger partial charge in [-0.2, -0.15) is 5.10 Å². The van der Waals surface area contributed by atoms with Gasteiger partial charge in [-0.1, -0.05) is 65.5 Å². The lowest BCUT2D eigenvalue weighted by atomic mass is 9.84. The van der Waals surface area contributed by atoms with Crippen LogP contribution in [0.5, 0.6) is 0 Å². The second-order valence-electron chi connectivity index (χ2n) is 11.5. The number of carbonyl (C=O) groups excluding carboxylic acids is 2. The lowest BCUT2D eigenvalue weighted by Crippen LogP contribution is -2.36. The summed E-state index contributed by atoms with van der Waals surface area (Å²) in [5, 5.41) is 5.89. The maximum Gasteiger partial charge on any atom is 0.144 e. The number of piperidine rings is 1. The van der Waals surface area contributed by atoms with Gasteiger partial charge in [0.25, 0.3) is 0 Å². The molecule has 1 fully saturated rings. The lowest BCUT2D eigenvalue weighted by molar-refractivity contribution is -0.124. The van der Waals surface area contributed by atoms with Gasteiger partial charge in [-0.05, 0) is 75.1 Å². The van der Waals surface area contributed by atoms with Gasteiger partial charge in [-0.3, -0.25) is 9.48 Å². The summed E-state index contributed by atoms with van der Waals surface area (Å²) in [4.78, 5) is 27.0. The third-order valence-electron chi connectivity index (χ3n) is 8.74. The largest absolute Gasteiger partial charge is 0.303 e. The molecule has 0 amide bonds. The van der Waals surface area contributed by atoms with Crippen molar-refractivity contribution in [2.45, 2.75) is 110 Å². The summed E-state index contributed by atoms with van der Waals surface area (Å²) in [6.07, 6.45) is 13.1. The van der Waals surface area contributed by atoms with Crippen LogP contribution in [0.4, 0.5) is 0 Å². The minimum atomic E-state index is -0.314. The van der Waals surface area contributed by atoms with E-state index < -0.39 is 0 Å². The molecule has 3 atom stereocenters. The Bertz CT molecular complexity index is 989. The topological polar surface area (TPSA) is 55.2 Å². The van der Waals surface area contributed by atoms with Gasteiger partial charge < -0.3 is 9.69 Å². The summed E-state index contributed by atoms with van der Waals surface area (Å²) < 4.78 is 1.94. The van der Waals surface area contributed by atoms with E-state index in [4.69, 9.17) is 5.10 Å². The van der Waals surface area contributed by atoms with E-state index in [2.05, 4.69) is 36.9 Å². The van der Waals surface area contributed by atoms with E-state index in [9.17, 15) is 9.59 Å². The first-order chi connectivity index (χ1) is 17.9. The summed E-state index contributed by atoms with van der Waals surface area (Å²) in [5.74, 6) is 1.30. The zero-order chi connectivity index (χ0) is 26.8. The first kappa shape index (κ1) is 29.5. The third kappa shape index (κ3) is 7.75. The average Bonchev–Trinajstić information content (AvgIpc) is 3.24. The van der Waals surface area contributed by atoms with E-state index in [1.807, 2.05) is 25.6 Å². The van der Waals surface area contributed by atoms with Gasteiger partial charge in [0.05, 0.1) is 17.1 Å². The predicted molar refractivity (Wildman–Crippen MR) is 154 cm³/mol. The number of unbranched alkanes of at least 4 members (excludes halogenated alkanes) is 2. The van der Waals surface area contributed by atoms with Crippen LogP contribution in [0.3, 0.4) is 0 Å². The Morgan fingerprint density at radius 2 is 1.84 bits per heavy atom. The van der Waals surface area contributed by atoms with Crippen LogP contribution in [0.25, 0.3) is 10.9 Å². The molecule has 0 bridgehead atoms. The van der Waals surface area contributed by atoms with Crippen molar-refractivity contribution in [2.24, 2.45) is 18.9 Å². The van der Waals surface area contributed by atoms with Crippen LogP contribution in [0, 0.1) is 11.8 Å². The van der Waals surface area contributed by atoms with E-state index in [1.165, 1.54) is 76.6 Å². The Labute approximate surface area is 225 Å². The number of hydrogen-bond acceptors (Lipinski definition) is 4. The molecule has 0 radical (unpaired) electrons. The molecule has 3 unspecified atom stereocenters. The van der Waals surface area contributed by atoms with Gasteiger partial charge in [0.2, 0.25) is 0 Å². The summed E-state index contributed by atoms with van der Waals surface area (Å²) in [6.45, 7) is 12.3. The quantitative estimate of drug-likeness (QED) is 0.174. The normalized spacial score (nSPS) is 17.6. The van der Waals surface area contributed by atoms with Crippen molar-refractivity contribution in [3.8, 4) is 0 Å². The number of aryl methyl sites for hydroxylation is 1. The Balaban J connectivity index is 1.71. The Morgan fingerprint density at radius 1 is 1.08 bits per heavy atom. The second-order valence-corrected chi connectivity index (χ2v) is 11.5. The molecular weight excluding hydrogens is 458 g/mol. The fourth-order valence-corrected chi connectivity index (χ4v) is 6.24. The van der Waals surface area contributed by atoms with Crippen molar-refractivity contribution >= 4 is 23.0 Å². The maximum atomic E-state index is 13.2. The zero-order valence-corrected chi connectivity index (χ0v) is 24.2. The molecule has 1 aromatic carbocycles. The summed E-state index contributed by atoms with van der Waals surface area (Å²) in [5.41, 5.74) is 3.34. The van der Waals surface area contributed by atoms with E-state index in [1.54, 1.807) is 0 Å². The first-order valence-corrected chi connectivity index (χ1v) is 15.1. The SMILES string of the molecule is CCCCCC(CCC)CN1CCC(c2ccc3c(C(CCC=O)C(=O)C(C)CC)nn(C)c3c2)CC1. The number of nitrogens with zero attached hydrogens (tertiary/aromatic N) is 3. The highest BCUT2D eigenvalue weighted by molar-refractivity contribution is 5.93. The van der Waals surface area contributed by atoms with Gasteiger partial charge in [0.1, 0.15) is 12.1 Å². The Kier molecular flexibility index (Phi) is 11.8. The number of rotatable bonds is 16. The smallest absolute Gasteiger partial charge is 0.144 e. The van der Waals surface area contributed by atoms with Crippen molar-refractivity contribution in [2.75, 3.05) is 19.6 Å². The number of benzene rings is 1. The molecule has 1 aliphatic rings. The number of fused-ring (bicyclic) bond motifs is 1. The van der Waals surface area contributed by atoms with Crippen LogP contribution in [0.1, 0.15) is 121 Å². The molecule has 5 heteroatoms. The van der Waals surface area contributed by atoms with E-state index >= 15 is 0 Å². The molecule has 2 heterocycles. The minimum absolute atomic E-state index is 0.0262. The number of likely N-dealkylation sites (tertiary alicyclic amines) is 1. The zero-order valence-electron chi connectivity index (χ0n) is 24.2. The van der Waals surface area contributed by atoms with Gasteiger partial charge >= 0.3 is 0 Å². The number of aldehydes is 1. The number of carbonyl (C=O) groups is 2. The molecule has 5 nitrogen and oxygen atoms in total. The van der Waals surface area contributed by atoms with Crippen LogP contribution in [0.15, 0.2) is 18.2 Å². The molecule has 2 aromatic rings. The van der Waals surface area contributed by atoms with E-state index in [0.717, 1.165) is 35.2 Å². The first-order valence-electron chi connectivity index (χ1n) is 15.1. The van der Waals surface area contributed by atoms with Gasteiger partial charge in [-0.25, -0.2) is 0 Å². The molecule has 0 aliphatic carbocycles. The molecule has 3 rings (SSSR count). The van der Waals surface area contributed by atoms with Gasteiger partial charge in [0, 0.05) is 31.3 Å². The summed E-state index contributed by atoms with van der Waals surface area (Å²) in [6, 6.07) is 6.76. The molecular formula is C32H51N3O2. The fourth-order valence-electron chi connectivity index (χ4n) is 6.24. The van der Waals surface area contributed by atoms with Crippen LogP contribution >= 0.6 is 0 Å². The van der Waals surface area contributed by atoms with Crippen LogP contribution in [-0.2, 0) is 16.6 Å². The molecule has 1 saturated heterocycles. The highest BCUT2D eigenvalue weighted by Gasteiger charge is 2.29. The maximum absolute atomic E-state index is 13.2. The van der Waals surface area contributed by atoms with E-state index in [-0.39, 0.29) is 17.6 Å². The van der Waals surface area contributed by atoms with Crippen molar-refractivity contribution in [3.63, 3.8) is 0 Å². The summed E-state index contributed by atoms with van der Waals surface area (Å²) in [7, 11) is 1.98. The average molecular weight is 510 g/mol.